The van der Waals surface area contributed by atoms with Crippen LogP contribution < -0.4 is 5.73 Å². The molecule has 0 aliphatic carbocycles. The normalized spacial score (nSPS) is 12.6. The number of nitrogens with two attached hydrogens (primary N) is 1. The highest BCUT2D eigenvalue weighted by Crippen LogP contribution is 2.12. The van der Waals surface area contributed by atoms with E-state index in [0.29, 0.717) is 0 Å². The van der Waals surface area contributed by atoms with E-state index in [1.165, 1.54) is 0 Å². The molecule has 2 aromatic heterocycles. The van der Waals surface area contributed by atoms with E-state index in [-0.39, 0.29) is 12.2 Å². The van der Waals surface area contributed by atoms with Crippen molar-refractivity contribution in [3.63, 3.8) is 0 Å². The first kappa shape index (κ1) is 13.5. The van der Waals surface area contributed by atoms with Crippen LogP contribution in [0.3, 0.4) is 0 Å². The third kappa shape index (κ3) is 3.08. The molecular weight excluding hydrogens is 242 g/mol. The summed E-state index contributed by atoms with van der Waals surface area (Å²) in [5.74, 6) is 0.725. The molecule has 0 aliphatic rings. The van der Waals surface area contributed by atoms with Crippen LogP contribution >= 0.6 is 0 Å². The molecule has 6 nitrogen and oxygen atoms in total. The zero-order valence-electron chi connectivity index (χ0n) is 11.3. The van der Waals surface area contributed by atoms with Gasteiger partial charge in [0.1, 0.15) is 5.82 Å². The summed E-state index contributed by atoms with van der Waals surface area (Å²) in [4.78, 5) is 16.4. The highest BCUT2D eigenvalue weighted by molar-refractivity contribution is 5.86. The molecule has 2 aromatic rings. The summed E-state index contributed by atoms with van der Waals surface area (Å²) in [6.07, 6.45) is 8.26. The van der Waals surface area contributed by atoms with Crippen LogP contribution in [0.1, 0.15) is 30.8 Å². The van der Waals surface area contributed by atoms with Crippen LogP contribution in [0.15, 0.2) is 24.8 Å². The fourth-order valence-electron chi connectivity index (χ4n) is 2.00. The van der Waals surface area contributed by atoms with Crippen LogP contribution in [-0.4, -0.2) is 25.1 Å². The SMILES string of the molecule is CCCn1ccnc1CC(=O)C(N)c1cnn(C)c1. The van der Waals surface area contributed by atoms with E-state index in [4.69, 9.17) is 5.73 Å². The van der Waals surface area contributed by atoms with Crippen molar-refractivity contribution in [3.05, 3.63) is 36.2 Å². The highest BCUT2D eigenvalue weighted by atomic mass is 16.1. The molecule has 2 rings (SSSR count). The third-order valence-electron chi connectivity index (χ3n) is 3.03. The fraction of sp³-hybridized carbons (Fsp3) is 0.462. The standard InChI is InChI=1S/C13H19N5O/c1-3-5-18-6-4-15-12(18)7-11(19)13(14)10-8-16-17(2)9-10/h4,6,8-9,13H,3,5,7,14H2,1-2H3. The predicted molar refractivity (Wildman–Crippen MR) is 71.4 cm³/mol. The second kappa shape index (κ2) is 5.79. The summed E-state index contributed by atoms with van der Waals surface area (Å²) >= 11 is 0. The van der Waals surface area contributed by atoms with Gasteiger partial charge in [0.15, 0.2) is 5.78 Å². The molecule has 0 bridgehead atoms. The van der Waals surface area contributed by atoms with Gasteiger partial charge in [0.05, 0.1) is 18.7 Å². The van der Waals surface area contributed by atoms with Crippen molar-refractivity contribution in [1.82, 2.24) is 19.3 Å². The quantitative estimate of drug-likeness (QED) is 0.835. The monoisotopic (exact) mass is 261 g/mol. The largest absolute Gasteiger partial charge is 0.335 e. The Labute approximate surface area is 112 Å². The van der Waals surface area contributed by atoms with E-state index >= 15 is 0 Å². The lowest BCUT2D eigenvalue weighted by Crippen LogP contribution is -2.24. The Morgan fingerprint density at radius 2 is 2.32 bits per heavy atom. The number of carbonyl (C=O) groups is 1. The molecule has 0 saturated carbocycles. The van der Waals surface area contributed by atoms with Crippen molar-refractivity contribution >= 4 is 5.78 Å². The molecule has 0 fully saturated rings. The van der Waals surface area contributed by atoms with Crippen LogP contribution in [0.5, 0.6) is 0 Å². The van der Waals surface area contributed by atoms with Crippen molar-refractivity contribution in [1.29, 1.82) is 0 Å². The number of hydrogen-bond donors (Lipinski definition) is 1. The Kier molecular flexibility index (Phi) is 4.11. The van der Waals surface area contributed by atoms with E-state index in [9.17, 15) is 4.79 Å². The molecule has 2 N–H and O–H groups in total. The first-order valence-electron chi connectivity index (χ1n) is 6.38. The number of imidazole rings is 1. The molecular formula is C13H19N5O. The van der Waals surface area contributed by atoms with E-state index in [1.54, 1.807) is 30.3 Å². The molecule has 0 saturated heterocycles. The number of nitrogens with zero attached hydrogens (tertiary/aromatic N) is 4. The van der Waals surface area contributed by atoms with Gasteiger partial charge in [0, 0.05) is 37.7 Å². The smallest absolute Gasteiger partial charge is 0.161 e. The topological polar surface area (TPSA) is 78.7 Å². The Bertz CT molecular complexity index is 557. The van der Waals surface area contributed by atoms with Crippen molar-refractivity contribution < 1.29 is 4.79 Å². The number of aryl methyl sites for hydroxylation is 2. The molecule has 1 atom stereocenters. The van der Waals surface area contributed by atoms with Crippen LogP contribution in [0.2, 0.25) is 0 Å². The van der Waals surface area contributed by atoms with E-state index < -0.39 is 6.04 Å². The van der Waals surface area contributed by atoms with Gasteiger partial charge in [-0.2, -0.15) is 5.10 Å². The predicted octanol–water partition coefficient (Wildman–Crippen LogP) is 0.838. The summed E-state index contributed by atoms with van der Waals surface area (Å²) < 4.78 is 3.63. The van der Waals surface area contributed by atoms with Crippen LogP contribution in [0.4, 0.5) is 0 Å². The Balaban J connectivity index is 2.06. The number of aromatic nitrogens is 4. The number of rotatable bonds is 6. The van der Waals surface area contributed by atoms with Gasteiger partial charge in [-0.25, -0.2) is 4.98 Å². The van der Waals surface area contributed by atoms with E-state index in [1.807, 2.05) is 10.8 Å². The molecule has 2 heterocycles. The average Bonchev–Trinajstić information content (AvgIpc) is 2.99. The zero-order valence-corrected chi connectivity index (χ0v) is 11.3. The van der Waals surface area contributed by atoms with Gasteiger partial charge in [-0.15, -0.1) is 0 Å². The lowest BCUT2D eigenvalue weighted by Gasteiger charge is -2.09. The Morgan fingerprint density at radius 3 is 2.95 bits per heavy atom. The van der Waals surface area contributed by atoms with Crippen LogP contribution in [0.25, 0.3) is 0 Å². The summed E-state index contributed by atoms with van der Waals surface area (Å²) in [5.41, 5.74) is 6.69. The van der Waals surface area contributed by atoms with Crippen molar-refractivity contribution in [2.24, 2.45) is 12.8 Å². The Morgan fingerprint density at radius 1 is 1.53 bits per heavy atom. The Hall–Kier alpha value is -1.95. The van der Waals surface area contributed by atoms with Crippen molar-refractivity contribution in [2.75, 3.05) is 0 Å². The van der Waals surface area contributed by atoms with Gasteiger partial charge in [0.25, 0.3) is 0 Å². The lowest BCUT2D eigenvalue weighted by molar-refractivity contribution is -0.119. The second-order valence-electron chi connectivity index (χ2n) is 4.60. The minimum atomic E-state index is -0.638. The van der Waals surface area contributed by atoms with E-state index in [2.05, 4.69) is 17.0 Å². The molecule has 0 spiro atoms. The van der Waals surface area contributed by atoms with Gasteiger partial charge in [-0.3, -0.25) is 9.48 Å². The number of carbonyl (C=O) groups excluding carboxylic acids is 1. The molecule has 19 heavy (non-hydrogen) atoms. The lowest BCUT2D eigenvalue weighted by atomic mass is 10.1. The third-order valence-corrected chi connectivity index (χ3v) is 3.03. The summed E-state index contributed by atoms with van der Waals surface area (Å²) in [7, 11) is 1.80. The van der Waals surface area contributed by atoms with Gasteiger partial charge in [-0.1, -0.05) is 6.92 Å². The first-order chi connectivity index (χ1) is 9.11. The van der Waals surface area contributed by atoms with Gasteiger partial charge in [-0.05, 0) is 6.42 Å². The minimum Gasteiger partial charge on any atom is -0.335 e. The summed E-state index contributed by atoms with van der Waals surface area (Å²) in [5, 5.41) is 4.03. The van der Waals surface area contributed by atoms with Crippen LogP contribution in [0, 0.1) is 0 Å². The molecule has 0 aliphatic heterocycles. The molecule has 6 heteroatoms. The molecule has 0 radical (unpaired) electrons. The molecule has 0 aromatic carbocycles. The highest BCUT2D eigenvalue weighted by Gasteiger charge is 2.19. The number of Topliss-reactive ketones (excluding diaryl/α,β-unsaturated/α-hetero) is 1. The minimum absolute atomic E-state index is 0.0449. The number of hydrogen-bond acceptors (Lipinski definition) is 4. The molecule has 102 valence electrons. The van der Waals surface area contributed by atoms with Crippen LogP contribution in [-0.2, 0) is 24.8 Å². The maximum absolute atomic E-state index is 12.2. The van der Waals surface area contributed by atoms with Gasteiger partial charge in [0.2, 0.25) is 0 Å². The summed E-state index contributed by atoms with van der Waals surface area (Å²) in [6.45, 7) is 2.96. The first-order valence-corrected chi connectivity index (χ1v) is 6.38. The van der Waals surface area contributed by atoms with Gasteiger partial charge >= 0.3 is 0 Å². The van der Waals surface area contributed by atoms with Crippen molar-refractivity contribution in [2.45, 2.75) is 32.4 Å². The maximum atomic E-state index is 12.2. The zero-order chi connectivity index (χ0) is 13.8. The fourth-order valence-corrected chi connectivity index (χ4v) is 2.00. The van der Waals surface area contributed by atoms with Crippen molar-refractivity contribution in [3.8, 4) is 0 Å². The molecule has 1 unspecified atom stereocenters. The average molecular weight is 261 g/mol. The van der Waals surface area contributed by atoms with Gasteiger partial charge < -0.3 is 10.3 Å². The maximum Gasteiger partial charge on any atom is 0.161 e. The van der Waals surface area contributed by atoms with E-state index in [0.717, 1.165) is 24.4 Å². The summed E-state index contributed by atoms with van der Waals surface area (Å²) in [6, 6.07) is -0.638. The molecule has 0 amide bonds. The second-order valence-corrected chi connectivity index (χ2v) is 4.60. The number of ketones is 1.